The van der Waals surface area contributed by atoms with Gasteiger partial charge in [0, 0.05) is 19.0 Å². The van der Waals surface area contributed by atoms with Gasteiger partial charge >= 0.3 is 5.97 Å². The lowest BCUT2D eigenvalue weighted by molar-refractivity contribution is -0.142. The molecule has 2 atom stereocenters. The Balaban J connectivity index is 1.57. The molecule has 2 unspecified atom stereocenters. The number of benzene rings is 1. The lowest BCUT2D eigenvalue weighted by Gasteiger charge is -2.16. The maximum Gasteiger partial charge on any atom is 0.323 e. The number of ether oxygens (including phenoxy) is 3. The minimum Gasteiger partial charge on any atom is -0.497 e. The number of esters is 1. The number of methoxy groups -OCH3 is 2. The first-order chi connectivity index (χ1) is 15.1. The molecule has 2 aliphatic rings. The first-order valence-corrected chi connectivity index (χ1v) is 11.1. The summed E-state index contributed by atoms with van der Waals surface area (Å²) in [5.41, 5.74) is 3.33. The van der Waals surface area contributed by atoms with Crippen molar-refractivity contribution in [2.45, 2.75) is 57.6 Å². The van der Waals surface area contributed by atoms with Gasteiger partial charge in [0.2, 0.25) is 5.88 Å². The quantitative estimate of drug-likeness (QED) is 0.482. The van der Waals surface area contributed by atoms with E-state index in [1.165, 1.54) is 32.8 Å². The number of unbranched alkanes of at least 4 members (excludes halogenated alkanes) is 1. The summed E-state index contributed by atoms with van der Waals surface area (Å²) in [6.45, 7) is 2.62. The molecule has 31 heavy (non-hydrogen) atoms. The van der Waals surface area contributed by atoms with Crippen LogP contribution in [-0.2, 0) is 9.53 Å². The van der Waals surface area contributed by atoms with Crippen LogP contribution in [0.25, 0.3) is 16.6 Å². The van der Waals surface area contributed by atoms with Gasteiger partial charge in [0.15, 0.2) is 0 Å². The Labute approximate surface area is 183 Å². The van der Waals surface area contributed by atoms with E-state index in [1.807, 2.05) is 18.2 Å². The number of aromatic nitrogens is 2. The van der Waals surface area contributed by atoms with Crippen molar-refractivity contribution in [2.24, 2.45) is 5.92 Å². The fourth-order valence-corrected chi connectivity index (χ4v) is 3.98. The van der Waals surface area contributed by atoms with Gasteiger partial charge in [-0.3, -0.25) is 4.79 Å². The highest BCUT2D eigenvalue weighted by atomic mass is 16.5. The molecule has 1 aliphatic carbocycles. The number of fused-ring (bicyclic) bond motifs is 1. The molecule has 2 aromatic rings. The van der Waals surface area contributed by atoms with Crippen molar-refractivity contribution in [2.75, 3.05) is 20.8 Å². The van der Waals surface area contributed by atoms with Crippen LogP contribution >= 0.6 is 0 Å². The molecular weight excluding hydrogens is 394 g/mol. The van der Waals surface area contributed by atoms with E-state index in [2.05, 4.69) is 18.3 Å². The summed E-state index contributed by atoms with van der Waals surface area (Å²) in [4.78, 5) is 21.5. The molecule has 0 spiro atoms. The molecule has 2 fully saturated rings. The average Bonchev–Trinajstić information content (AvgIpc) is 3.51. The molecule has 7 heteroatoms. The second kappa shape index (κ2) is 9.64. The predicted molar refractivity (Wildman–Crippen MR) is 119 cm³/mol. The highest BCUT2D eigenvalue weighted by Crippen LogP contribution is 2.34. The fourth-order valence-electron chi connectivity index (χ4n) is 3.98. The minimum absolute atomic E-state index is 0.178. The zero-order valence-corrected chi connectivity index (χ0v) is 18.5. The van der Waals surface area contributed by atoms with E-state index in [4.69, 9.17) is 24.2 Å². The third kappa shape index (κ3) is 5.34. The molecule has 1 saturated carbocycles. The zero-order valence-electron chi connectivity index (χ0n) is 18.5. The predicted octanol–water partition coefficient (Wildman–Crippen LogP) is 3.90. The first-order valence-electron chi connectivity index (χ1n) is 11.1. The second-order valence-corrected chi connectivity index (χ2v) is 8.45. The van der Waals surface area contributed by atoms with Crippen molar-refractivity contribution in [3.05, 3.63) is 30.0 Å². The van der Waals surface area contributed by atoms with Gasteiger partial charge in [-0.2, -0.15) is 0 Å². The largest absolute Gasteiger partial charge is 0.497 e. The standard InChI is InChI=1S/C24H31N3O4/c1-15(6-4-5-7-16-8-9-16)22-23(31-18-13-21(25-14-18)24(28)30-3)27-20-12-17(29-2)10-11-19(20)26-22/h6,10-12,16,18,21,25H,4-5,7-9,13-14H2,1-3H3. The van der Waals surface area contributed by atoms with Crippen LogP contribution in [0.3, 0.4) is 0 Å². The SMILES string of the molecule is COC(=O)C1CC(Oc2nc3cc(OC)ccc3nc2C(C)=CCCCC2CC2)CN1. The molecule has 2 heterocycles. The third-order valence-corrected chi connectivity index (χ3v) is 6.03. The molecular formula is C24H31N3O4. The number of hydrogen-bond acceptors (Lipinski definition) is 7. The number of carbonyl (C=O) groups excluding carboxylic acids is 1. The maximum absolute atomic E-state index is 11.8. The molecule has 7 nitrogen and oxygen atoms in total. The van der Waals surface area contributed by atoms with Crippen LogP contribution in [0.4, 0.5) is 0 Å². The number of hydrogen-bond donors (Lipinski definition) is 1. The van der Waals surface area contributed by atoms with Crippen LogP contribution in [0.15, 0.2) is 24.3 Å². The van der Waals surface area contributed by atoms with E-state index >= 15 is 0 Å². The van der Waals surface area contributed by atoms with Crippen LogP contribution in [-0.4, -0.2) is 48.8 Å². The van der Waals surface area contributed by atoms with Crippen molar-refractivity contribution in [3.8, 4) is 11.6 Å². The first kappa shape index (κ1) is 21.6. The van der Waals surface area contributed by atoms with E-state index in [0.29, 0.717) is 18.8 Å². The van der Waals surface area contributed by atoms with Crippen LogP contribution in [0, 0.1) is 5.92 Å². The molecule has 1 N–H and O–H groups in total. The zero-order chi connectivity index (χ0) is 21.8. The van der Waals surface area contributed by atoms with Crippen LogP contribution < -0.4 is 14.8 Å². The number of nitrogens with one attached hydrogen (secondary N) is 1. The Morgan fingerprint density at radius 1 is 1.23 bits per heavy atom. The minimum atomic E-state index is -0.356. The molecule has 1 aromatic carbocycles. The molecule has 4 rings (SSSR count). The Morgan fingerprint density at radius 2 is 2.06 bits per heavy atom. The van der Waals surface area contributed by atoms with E-state index in [-0.39, 0.29) is 18.1 Å². The normalized spacial score (nSPS) is 21.3. The topological polar surface area (TPSA) is 82.6 Å². The third-order valence-electron chi connectivity index (χ3n) is 6.03. The number of nitrogens with zero attached hydrogens (tertiary/aromatic N) is 2. The van der Waals surface area contributed by atoms with Gasteiger partial charge in [0.25, 0.3) is 0 Å². The Hall–Kier alpha value is -2.67. The summed E-state index contributed by atoms with van der Waals surface area (Å²) >= 11 is 0. The van der Waals surface area contributed by atoms with Gasteiger partial charge in [0.05, 0.1) is 25.3 Å². The number of rotatable bonds is 9. The lowest BCUT2D eigenvalue weighted by Crippen LogP contribution is -2.31. The highest BCUT2D eigenvalue weighted by molar-refractivity contribution is 5.80. The summed E-state index contributed by atoms with van der Waals surface area (Å²) in [5.74, 6) is 1.89. The summed E-state index contributed by atoms with van der Waals surface area (Å²) < 4.78 is 16.4. The second-order valence-electron chi connectivity index (χ2n) is 8.45. The molecule has 0 bridgehead atoms. The van der Waals surface area contributed by atoms with Crippen molar-refractivity contribution in [1.82, 2.24) is 15.3 Å². The van der Waals surface area contributed by atoms with Gasteiger partial charge in [0.1, 0.15) is 23.6 Å². The maximum atomic E-state index is 11.8. The van der Waals surface area contributed by atoms with Crippen molar-refractivity contribution in [3.63, 3.8) is 0 Å². The lowest BCUT2D eigenvalue weighted by atomic mass is 10.1. The monoisotopic (exact) mass is 425 g/mol. The van der Waals surface area contributed by atoms with E-state index in [9.17, 15) is 4.79 Å². The van der Waals surface area contributed by atoms with E-state index < -0.39 is 0 Å². The number of allylic oxidation sites excluding steroid dienone is 2. The summed E-state index contributed by atoms with van der Waals surface area (Å²) in [7, 11) is 3.03. The summed E-state index contributed by atoms with van der Waals surface area (Å²) in [6.07, 6.45) is 8.91. The van der Waals surface area contributed by atoms with Gasteiger partial charge in [-0.1, -0.05) is 25.3 Å². The smallest absolute Gasteiger partial charge is 0.323 e. The van der Waals surface area contributed by atoms with Gasteiger partial charge < -0.3 is 19.5 Å². The molecule has 1 saturated heterocycles. The van der Waals surface area contributed by atoms with Crippen LogP contribution in [0.2, 0.25) is 0 Å². The Bertz CT molecular complexity index is 971. The molecule has 0 amide bonds. The molecule has 0 radical (unpaired) electrons. The van der Waals surface area contributed by atoms with Crippen molar-refractivity contribution in [1.29, 1.82) is 0 Å². The van der Waals surface area contributed by atoms with Crippen molar-refractivity contribution < 1.29 is 19.0 Å². The van der Waals surface area contributed by atoms with Crippen LogP contribution in [0.1, 0.15) is 51.1 Å². The van der Waals surface area contributed by atoms with E-state index in [1.54, 1.807) is 7.11 Å². The molecule has 1 aliphatic heterocycles. The fraction of sp³-hybridized carbons (Fsp3) is 0.542. The molecule has 166 valence electrons. The van der Waals surface area contributed by atoms with E-state index in [0.717, 1.165) is 40.4 Å². The van der Waals surface area contributed by atoms with Crippen LogP contribution in [0.5, 0.6) is 11.6 Å². The van der Waals surface area contributed by atoms with Gasteiger partial charge in [-0.25, -0.2) is 9.97 Å². The Kier molecular flexibility index (Phi) is 6.70. The van der Waals surface area contributed by atoms with Crippen molar-refractivity contribution >= 4 is 22.6 Å². The average molecular weight is 426 g/mol. The Morgan fingerprint density at radius 3 is 2.81 bits per heavy atom. The van der Waals surface area contributed by atoms with Gasteiger partial charge in [-0.15, -0.1) is 0 Å². The molecule has 1 aromatic heterocycles. The summed E-state index contributed by atoms with van der Waals surface area (Å²) in [6, 6.07) is 5.31. The van der Waals surface area contributed by atoms with Gasteiger partial charge in [-0.05, 0) is 43.4 Å². The number of carbonyl (C=O) groups is 1. The highest BCUT2D eigenvalue weighted by Gasteiger charge is 2.32. The summed E-state index contributed by atoms with van der Waals surface area (Å²) in [5, 5.41) is 3.16.